The second-order valence-corrected chi connectivity index (χ2v) is 14.0. The quantitative estimate of drug-likeness (QED) is 0.182. The molecule has 0 aliphatic heterocycles. The fourth-order valence-electron chi connectivity index (χ4n) is 6.09. The maximum absolute atomic E-state index is 4.76. The van der Waals surface area contributed by atoms with Crippen LogP contribution < -0.4 is 20.7 Å². The highest BCUT2D eigenvalue weighted by Gasteiger charge is 2.43. The summed E-state index contributed by atoms with van der Waals surface area (Å²) in [6, 6.07) is 57.0. The Kier molecular flexibility index (Phi) is 6.56. The van der Waals surface area contributed by atoms with Crippen LogP contribution in [0, 0.1) is 0 Å². The predicted molar refractivity (Wildman–Crippen MR) is 174 cm³/mol. The van der Waals surface area contributed by atoms with Crippen LogP contribution in [0.4, 0.5) is 0 Å². The molecule has 0 fully saturated rings. The lowest BCUT2D eigenvalue weighted by molar-refractivity contribution is 1.33. The average Bonchev–Trinajstić information content (AvgIpc) is 3.07. The highest BCUT2D eigenvalue weighted by molar-refractivity contribution is 7.20. The Balaban J connectivity index is 1.64. The third kappa shape index (κ3) is 4.47. The third-order valence-electron chi connectivity index (χ3n) is 7.90. The molecule has 7 aromatic rings. The van der Waals surface area contributed by atoms with Crippen molar-refractivity contribution in [3.05, 3.63) is 170 Å². The molecule has 0 saturated heterocycles. The summed E-state index contributed by atoms with van der Waals surface area (Å²) in [5.74, 6) is 0. The van der Waals surface area contributed by atoms with E-state index < -0.39 is 8.07 Å². The van der Waals surface area contributed by atoms with E-state index in [0.717, 1.165) is 22.5 Å². The van der Waals surface area contributed by atoms with Crippen LogP contribution >= 0.6 is 0 Å². The second kappa shape index (κ2) is 10.8. The van der Waals surface area contributed by atoms with Crippen LogP contribution in [0.3, 0.4) is 0 Å². The van der Waals surface area contributed by atoms with E-state index in [9.17, 15) is 0 Å². The Morgan fingerprint density at radius 3 is 1.59 bits per heavy atom. The van der Waals surface area contributed by atoms with Gasteiger partial charge in [-0.2, -0.15) is 0 Å². The Labute approximate surface area is 241 Å². The molecule has 2 aromatic heterocycles. The van der Waals surface area contributed by atoms with Gasteiger partial charge in [0.05, 0.1) is 11.4 Å². The van der Waals surface area contributed by atoms with Gasteiger partial charge in [0.15, 0.2) is 8.07 Å². The normalized spacial score (nSPS) is 11.4. The van der Waals surface area contributed by atoms with Crippen molar-refractivity contribution in [3.8, 4) is 22.5 Å². The Hall–Kier alpha value is -5.12. The van der Waals surface area contributed by atoms with Crippen molar-refractivity contribution in [2.75, 3.05) is 0 Å². The Morgan fingerprint density at radius 1 is 0.390 bits per heavy atom. The van der Waals surface area contributed by atoms with Crippen molar-refractivity contribution >= 4 is 39.6 Å². The molecule has 0 N–H and O–H groups in total. The number of nitrogens with zero attached hydrogens (tertiary/aromatic N) is 2. The zero-order chi connectivity index (χ0) is 27.5. The first-order chi connectivity index (χ1) is 20.3. The molecule has 0 unspecified atom stereocenters. The molecule has 0 aliphatic rings. The first-order valence-electron chi connectivity index (χ1n) is 13.9. The molecule has 7 rings (SSSR count). The van der Waals surface area contributed by atoms with Crippen LogP contribution in [0.25, 0.3) is 33.3 Å². The monoisotopic (exact) mass is 540 g/mol. The maximum atomic E-state index is 4.76. The molecule has 0 radical (unpaired) electrons. The van der Waals surface area contributed by atoms with E-state index >= 15 is 0 Å². The fraction of sp³-hybridized carbons (Fsp3) is 0. The lowest BCUT2D eigenvalue weighted by Crippen LogP contribution is -2.75. The molecule has 0 aliphatic carbocycles. The average molecular weight is 541 g/mol. The molecule has 0 bridgehead atoms. The summed E-state index contributed by atoms with van der Waals surface area (Å²) >= 11 is 0. The van der Waals surface area contributed by atoms with Gasteiger partial charge in [-0.25, -0.2) is 0 Å². The molecule has 0 spiro atoms. The minimum Gasteiger partial charge on any atom is -0.256 e. The van der Waals surface area contributed by atoms with Gasteiger partial charge in [0.25, 0.3) is 0 Å². The van der Waals surface area contributed by atoms with Gasteiger partial charge in [0.2, 0.25) is 0 Å². The van der Waals surface area contributed by atoms with Crippen molar-refractivity contribution in [2.45, 2.75) is 0 Å². The van der Waals surface area contributed by atoms with E-state index in [1.165, 1.54) is 31.5 Å². The summed E-state index contributed by atoms with van der Waals surface area (Å²) in [5, 5.41) is 7.85. The minimum atomic E-state index is -2.85. The molecule has 0 amide bonds. The lowest BCUT2D eigenvalue weighted by atomic mass is 10.0. The summed E-state index contributed by atoms with van der Waals surface area (Å²) in [5.41, 5.74) is 4.21. The first kappa shape index (κ1) is 24.9. The van der Waals surface area contributed by atoms with E-state index in [0.29, 0.717) is 0 Å². The van der Waals surface area contributed by atoms with Gasteiger partial charge in [-0.05, 0) is 61.9 Å². The Bertz CT molecular complexity index is 1880. The van der Waals surface area contributed by atoms with Crippen molar-refractivity contribution < 1.29 is 0 Å². The van der Waals surface area contributed by atoms with Crippen LogP contribution in [-0.4, -0.2) is 18.0 Å². The number of benzene rings is 5. The largest absolute Gasteiger partial charge is 0.256 e. The second-order valence-electron chi connectivity index (χ2n) is 10.2. The zero-order valence-electron chi connectivity index (χ0n) is 22.6. The van der Waals surface area contributed by atoms with Gasteiger partial charge in [-0.15, -0.1) is 0 Å². The molecule has 2 heterocycles. The number of hydrogen-bond acceptors (Lipinski definition) is 2. The highest BCUT2D eigenvalue weighted by Crippen LogP contribution is 2.25. The SMILES string of the molecule is c1ccc([Si](c2ccccc2)(c2cccc(-c3ccccn3)c2)c2cc(-c3ccccn3)cc3ccccc23)cc1. The van der Waals surface area contributed by atoms with Gasteiger partial charge in [-0.1, -0.05) is 127 Å². The Morgan fingerprint density at radius 2 is 0.951 bits per heavy atom. The molecule has 0 saturated carbocycles. The van der Waals surface area contributed by atoms with E-state index in [-0.39, 0.29) is 0 Å². The maximum Gasteiger partial charge on any atom is 0.180 e. The molecule has 41 heavy (non-hydrogen) atoms. The number of pyridine rings is 2. The number of fused-ring (bicyclic) bond motifs is 1. The van der Waals surface area contributed by atoms with Gasteiger partial charge < -0.3 is 0 Å². The zero-order valence-corrected chi connectivity index (χ0v) is 23.6. The first-order valence-corrected chi connectivity index (χ1v) is 15.9. The fourth-order valence-corrected chi connectivity index (χ4v) is 11.1. The number of hydrogen-bond donors (Lipinski definition) is 0. The van der Waals surface area contributed by atoms with Crippen molar-refractivity contribution in [3.63, 3.8) is 0 Å². The van der Waals surface area contributed by atoms with Crippen molar-refractivity contribution in [1.82, 2.24) is 9.97 Å². The summed E-state index contributed by atoms with van der Waals surface area (Å²) in [7, 11) is -2.85. The van der Waals surface area contributed by atoms with E-state index in [1.807, 2.05) is 24.5 Å². The standard InChI is InChI=1S/C38H28N2Si/c1-3-16-32(17-4-1)41(33-18-5-2-6-19-33,34-20-13-15-30(27-34)36-22-9-11-24-39-36)38-28-31(37-23-10-12-25-40-37)26-29-14-7-8-21-35(29)38/h1-28H. The molecular formula is C38H28N2Si. The summed E-state index contributed by atoms with van der Waals surface area (Å²) in [6.07, 6.45) is 3.74. The molecule has 5 aromatic carbocycles. The van der Waals surface area contributed by atoms with Crippen LogP contribution in [0.15, 0.2) is 170 Å². The van der Waals surface area contributed by atoms with Crippen LogP contribution in [0.5, 0.6) is 0 Å². The van der Waals surface area contributed by atoms with Crippen LogP contribution in [-0.2, 0) is 0 Å². The van der Waals surface area contributed by atoms with E-state index in [4.69, 9.17) is 9.97 Å². The van der Waals surface area contributed by atoms with Crippen LogP contribution in [0.1, 0.15) is 0 Å². The smallest absolute Gasteiger partial charge is 0.180 e. The predicted octanol–water partition coefficient (Wildman–Crippen LogP) is 6.34. The minimum absolute atomic E-state index is 0.977. The van der Waals surface area contributed by atoms with Crippen molar-refractivity contribution in [1.29, 1.82) is 0 Å². The molecule has 0 atom stereocenters. The van der Waals surface area contributed by atoms with Crippen molar-refractivity contribution in [2.24, 2.45) is 0 Å². The summed E-state index contributed by atoms with van der Waals surface area (Å²) in [6.45, 7) is 0. The van der Waals surface area contributed by atoms with Gasteiger partial charge >= 0.3 is 0 Å². The van der Waals surface area contributed by atoms with Gasteiger partial charge in [-0.3, -0.25) is 9.97 Å². The highest BCUT2D eigenvalue weighted by atomic mass is 28.3. The molecule has 3 heteroatoms. The molecular weight excluding hydrogens is 513 g/mol. The van der Waals surface area contributed by atoms with E-state index in [1.54, 1.807) is 0 Å². The van der Waals surface area contributed by atoms with Crippen LogP contribution in [0.2, 0.25) is 0 Å². The van der Waals surface area contributed by atoms with Gasteiger partial charge in [0.1, 0.15) is 0 Å². The lowest BCUT2D eigenvalue weighted by Gasteiger charge is -2.36. The number of rotatable bonds is 6. The topological polar surface area (TPSA) is 25.8 Å². The molecule has 194 valence electrons. The van der Waals surface area contributed by atoms with Gasteiger partial charge in [0, 0.05) is 23.5 Å². The van der Waals surface area contributed by atoms with E-state index in [2.05, 4.69) is 146 Å². The molecule has 2 nitrogen and oxygen atoms in total. The summed E-state index contributed by atoms with van der Waals surface area (Å²) in [4.78, 5) is 9.46. The third-order valence-corrected chi connectivity index (χ3v) is 12.7. The summed E-state index contributed by atoms with van der Waals surface area (Å²) < 4.78 is 0. The number of aromatic nitrogens is 2.